The Morgan fingerprint density at radius 1 is 0.426 bits per heavy atom. The summed E-state index contributed by atoms with van der Waals surface area (Å²) in [4.78, 5) is 37.4. The van der Waals surface area contributed by atoms with E-state index < -0.39 is 6.10 Å². The summed E-state index contributed by atoms with van der Waals surface area (Å²) in [5.41, 5.74) is 0. The number of esters is 3. The van der Waals surface area contributed by atoms with Crippen molar-refractivity contribution >= 4 is 17.9 Å². The molecule has 0 aliphatic heterocycles. The molecule has 0 aromatic heterocycles. The highest BCUT2D eigenvalue weighted by atomic mass is 16.6. The van der Waals surface area contributed by atoms with Crippen LogP contribution >= 0.6 is 0 Å². The molecule has 0 amide bonds. The fraction of sp³-hybridized carbons (Fsp3) is 0.927. The number of carbonyl (C=O) groups excluding carboxylic acids is 3. The van der Waals surface area contributed by atoms with Gasteiger partial charge >= 0.3 is 17.9 Å². The van der Waals surface area contributed by atoms with Gasteiger partial charge in [-0.3, -0.25) is 14.4 Å². The molecule has 0 rings (SSSR count). The van der Waals surface area contributed by atoms with Crippen LogP contribution in [0.5, 0.6) is 0 Å². The minimum Gasteiger partial charge on any atom is -0.462 e. The lowest BCUT2D eigenvalue weighted by atomic mass is 9.99. The topological polar surface area (TPSA) is 78.9 Å². The molecule has 278 valence electrons. The number of hydrogen-bond acceptors (Lipinski definition) is 6. The highest BCUT2D eigenvalue weighted by molar-refractivity contribution is 5.71. The second-order valence-electron chi connectivity index (χ2n) is 14.2. The minimum absolute atomic E-state index is 0.0655. The summed E-state index contributed by atoms with van der Waals surface area (Å²) in [6.07, 6.45) is 32.3. The molecule has 0 saturated heterocycles. The molecular weight excluding hydrogens is 588 g/mol. The van der Waals surface area contributed by atoms with E-state index in [1.165, 1.54) is 116 Å². The Hall–Kier alpha value is -1.59. The Kier molecular flexibility index (Phi) is 34.5. The predicted molar refractivity (Wildman–Crippen MR) is 196 cm³/mol. The Morgan fingerprint density at radius 2 is 0.745 bits per heavy atom. The second kappa shape index (κ2) is 35.7. The van der Waals surface area contributed by atoms with E-state index in [1.54, 1.807) is 0 Å². The molecule has 0 fully saturated rings. The molecule has 0 bridgehead atoms. The van der Waals surface area contributed by atoms with Crippen LogP contribution in [0.4, 0.5) is 0 Å². The normalized spacial score (nSPS) is 12.5. The first-order valence-corrected chi connectivity index (χ1v) is 20.4. The first kappa shape index (κ1) is 45.4. The van der Waals surface area contributed by atoms with E-state index in [9.17, 15) is 14.4 Å². The summed E-state index contributed by atoms with van der Waals surface area (Å²) < 4.78 is 16.6. The maximum absolute atomic E-state index is 12.5. The largest absolute Gasteiger partial charge is 0.462 e. The highest BCUT2D eigenvalue weighted by Crippen LogP contribution is 2.16. The summed E-state index contributed by atoms with van der Waals surface area (Å²) in [5, 5.41) is 0. The van der Waals surface area contributed by atoms with Gasteiger partial charge in [0, 0.05) is 19.3 Å². The van der Waals surface area contributed by atoms with Crippen molar-refractivity contribution in [2.75, 3.05) is 13.2 Å². The quantitative estimate of drug-likeness (QED) is 0.0376. The SMILES string of the molecule is CCCCCCCCCCCCC(=O)OC[C@H](COC(=O)CCCCCCCCCCC(C)CC)OC(=O)CCCCCCCCC. The molecule has 1 unspecified atom stereocenters. The molecule has 0 aromatic carbocycles. The van der Waals surface area contributed by atoms with Gasteiger partial charge in [0.1, 0.15) is 13.2 Å². The fourth-order valence-electron chi connectivity index (χ4n) is 5.89. The average Bonchev–Trinajstić information content (AvgIpc) is 3.07. The smallest absolute Gasteiger partial charge is 0.306 e. The van der Waals surface area contributed by atoms with Crippen LogP contribution in [0.2, 0.25) is 0 Å². The zero-order valence-corrected chi connectivity index (χ0v) is 31.7. The van der Waals surface area contributed by atoms with Gasteiger partial charge in [0.15, 0.2) is 6.10 Å². The van der Waals surface area contributed by atoms with Gasteiger partial charge in [0.05, 0.1) is 0 Å². The van der Waals surface area contributed by atoms with Crippen LogP contribution in [0.25, 0.3) is 0 Å². The number of hydrogen-bond donors (Lipinski definition) is 0. The molecule has 6 nitrogen and oxygen atoms in total. The van der Waals surface area contributed by atoms with Crippen molar-refractivity contribution < 1.29 is 28.6 Å². The van der Waals surface area contributed by atoms with Gasteiger partial charge in [-0.2, -0.15) is 0 Å². The Morgan fingerprint density at radius 3 is 1.11 bits per heavy atom. The highest BCUT2D eigenvalue weighted by Gasteiger charge is 2.19. The van der Waals surface area contributed by atoms with Gasteiger partial charge in [0.25, 0.3) is 0 Å². The Balaban J connectivity index is 4.30. The molecule has 47 heavy (non-hydrogen) atoms. The van der Waals surface area contributed by atoms with E-state index in [2.05, 4.69) is 27.7 Å². The summed E-state index contributed by atoms with van der Waals surface area (Å²) >= 11 is 0. The van der Waals surface area contributed by atoms with Crippen molar-refractivity contribution in [2.45, 2.75) is 226 Å². The van der Waals surface area contributed by atoms with Crippen molar-refractivity contribution in [2.24, 2.45) is 5.92 Å². The van der Waals surface area contributed by atoms with E-state index in [0.29, 0.717) is 19.3 Å². The summed E-state index contributed by atoms with van der Waals surface area (Å²) in [5.74, 6) is -0.0224. The summed E-state index contributed by atoms with van der Waals surface area (Å²) in [6.45, 7) is 8.92. The molecule has 0 spiro atoms. The van der Waals surface area contributed by atoms with Gasteiger partial charge in [-0.15, -0.1) is 0 Å². The minimum atomic E-state index is -0.757. The van der Waals surface area contributed by atoms with Crippen LogP contribution in [0.3, 0.4) is 0 Å². The Bertz CT molecular complexity index is 708. The molecule has 0 aromatic rings. The lowest BCUT2D eigenvalue weighted by Crippen LogP contribution is -2.30. The lowest BCUT2D eigenvalue weighted by molar-refractivity contribution is -0.167. The molecular formula is C41H78O6. The molecule has 0 saturated carbocycles. The predicted octanol–water partition coefficient (Wildman–Crippen LogP) is 12.4. The van der Waals surface area contributed by atoms with Crippen LogP contribution in [0.1, 0.15) is 220 Å². The number of rotatable bonds is 36. The molecule has 0 aliphatic carbocycles. The summed E-state index contributed by atoms with van der Waals surface area (Å²) in [7, 11) is 0. The zero-order valence-electron chi connectivity index (χ0n) is 31.7. The van der Waals surface area contributed by atoms with Gasteiger partial charge in [-0.25, -0.2) is 0 Å². The average molecular weight is 667 g/mol. The van der Waals surface area contributed by atoms with E-state index in [1.807, 2.05) is 0 Å². The van der Waals surface area contributed by atoms with E-state index in [-0.39, 0.29) is 31.1 Å². The van der Waals surface area contributed by atoms with Crippen molar-refractivity contribution in [1.82, 2.24) is 0 Å². The molecule has 6 heteroatoms. The zero-order chi connectivity index (χ0) is 34.6. The number of carbonyl (C=O) groups is 3. The van der Waals surface area contributed by atoms with E-state index in [0.717, 1.165) is 63.7 Å². The van der Waals surface area contributed by atoms with Crippen LogP contribution in [-0.2, 0) is 28.6 Å². The maximum atomic E-state index is 12.5. The second-order valence-corrected chi connectivity index (χ2v) is 14.2. The van der Waals surface area contributed by atoms with Crippen molar-refractivity contribution in [3.63, 3.8) is 0 Å². The standard InChI is InChI=1S/C41H78O6/c1-5-8-10-12-14-15-16-21-24-28-32-39(42)45-35-38(47-41(44)34-30-26-19-13-11-9-6-2)36-46-40(43)33-29-25-22-18-17-20-23-27-31-37(4)7-3/h37-38H,5-36H2,1-4H3/t37?,38-/m1/s1. The van der Waals surface area contributed by atoms with Gasteiger partial charge in [-0.1, -0.05) is 182 Å². The molecule has 0 aliphatic rings. The van der Waals surface area contributed by atoms with Crippen LogP contribution < -0.4 is 0 Å². The van der Waals surface area contributed by atoms with Crippen molar-refractivity contribution in [1.29, 1.82) is 0 Å². The van der Waals surface area contributed by atoms with E-state index in [4.69, 9.17) is 14.2 Å². The number of ether oxygens (including phenoxy) is 3. The van der Waals surface area contributed by atoms with Crippen molar-refractivity contribution in [3.05, 3.63) is 0 Å². The van der Waals surface area contributed by atoms with Crippen LogP contribution in [-0.4, -0.2) is 37.2 Å². The third-order valence-electron chi connectivity index (χ3n) is 9.40. The van der Waals surface area contributed by atoms with Gasteiger partial charge in [-0.05, 0) is 25.2 Å². The lowest BCUT2D eigenvalue weighted by Gasteiger charge is -2.18. The number of unbranched alkanes of at least 4 members (excludes halogenated alkanes) is 22. The maximum Gasteiger partial charge on any atom is 0.306 e. The molecule has 0 N–H and O–H groups in total. The van der Waals surface area contributed by atoms with E-state index >= 15 is 0 Å². The summed E-state index contributed by atoms with van der Waals surface area (Å²) in [6, 6.07) is 0. The first-order chi connectivity index (χ1) is 22.9. The third-order valence-corrected chi connectivity index (χ3v) is 9.40. The molecule has 0 heterocycles. The fourth-order valence-corrected chi connectivity index (χ4v) is 5.89. The van der Waals surface area contributed by atoms with Crippen molar-refractivity contribution in [3.8, 4) is 0 Å². The monoisotopic (exact) mass is 667 g/mol. The first-order valence-electron chi connectivity index (χ1n) is 20.4. The van der Waals surface area contributed by atoms with Crippen LogP contribution in [0.15, 0.2) is 0 Å². The van der Waals surface area contributed by atoms with Crippen LogP contribution in [0, 0.1) is 5.92 Å². The van der Waals surface area contributed by atoms with Gasteiger partial charge in [0.2, 0.25) is 0 Å². The Labute approximate surface area is 291 Å². The molecule has 0 radical (unpaired) electrons. The molecule has 2 atom stereocenters. The van der Waals surface area contributed by atoms with Gasteiger partial charge < -0.3 is 14.2 Å². The third kappa shape index (κ3) is 34.1.